The van der Waals surface area contributed by atoms with Crippen LogP contribution in [0.25, 0.3) is 0 Å². The molecule has 0 heterocycles. The van der Waals surface area contributed by atoms with Gasteiger partial charge in [0.05, 0.1) is 21.8 Å². The van der Waals surface area contributed by atoms with Crippen LogP contribution in [-0.4, -0.2) is 22.1 Å². The molecule has 0 aromatic heterocycles. The molecule has 3 N–H and O–H groups in total. The number of carboxylic acids is 1. The van der Waals surface area contributed by atoms with Gasteiger partial charge in [-0.3, -0.25) is 4.79 Å². The average molecular weight is 344 g/mol. The first kappa shape index (κ1) is 16.1. The Morgan fingerprint density at radius 3 is 2.75 bits per heavy atom. The molecule has 0 bridgehead atoms. The Labute approximate surface area is 143 Å². The molecule has 1 aromatic carbocycles. The zero-order valence-corrected chi connectivity index (χ0v) is 13.2. The third kappa shape index (κ3) is 3.12. The minimum atomic E-state index is -1.10. The quantitative estimate of drug-likeness (QED) is 0.777. The fourth-order valence-electron chi connectivity index (χ4n) is 2.64. The molecule has 0 spiro atoms. The van der Waals surface area contributed by atoms with Crippen LogP contribution in [0.1, 0.15) is 16.8 Å². The molecule has 1 aromatic rings. The van der Waals surface area contributed by atoms with Crippen molar-refractivity contribution >= 4 is 29.2 Å². The predicted octanol–water partition coefficient (Wildman–Crippen LogP) is 3.86. The van der Waals surface area contributed by atoms with Gasteiger partial charge in [-0.1, -0.05) is 35.9 Å². The van der Waals surface area contributed by atoms with Gasteiger partial charge in [-0.05, 0) is 29.8 Å². The lowest BCUT2D eigenvalue weighted by atomic mass is 9.84. The molecular formula is C18H14ClNO4. The van der Waals surface area contributed by atoms with Gasteiger partial charge in [-0.15, -0.1) is 0 Å². The minimum Gasteiger partial charge on any atom is -0.511 e. The van der Waals surface area contributed by atoms with E-state index in [0.717, 1.165) is 5.57 Å². The van der Waals surface area contributed by atoms with Crippen molar-refractivity contribution in [1.29, 1.82) is 0 Å². The van der Waals surface area contributed by atoms with E-state index in [1.54, 1.807) is 6.08 Å². The summed E-state index contributed by atoms with van der Waals surface area (Å²) >= 11 is 6.01. The van der Waals surface area contributed by atoms with E-state index in [1.807, 2.05) is 24.3 Å². The van der Waals surface area contributed by atoms with Crippen LogP contribution in [0.15, 0.2) is 65.5 Å². The molecule has 1 unspecified atom stereocenters. The van der Waals surface area contributed by atoms with Gasteiger partial charge in [0.15, 0.2) is 0 Å². The molecule has 6 heteroatoms. The fourth-order valence-corrected chi connectivity index (χ4v) is 2.87. The lowest BCUT2D eigenvalue weighted by molar-refractivity contribution is -0.112. The predicted molar refractivity (Wildman–Crippen MR) is 91.2 cm³/mol. The van der Waals surface area contributed by atoms with Crippen LogP contribution in [0.4, 0.5) is 5.69 Å². The van der Waals surface area contributed by atoms with Gasteiger partial charge in [-0.2, -0.15) is 0 Å². The van der Waals surface area contributed by atoms with Gasteiger partial charge in [0.1, 0.15) is 5.76 Å². The van der Waals surface area contributed by atoms with Crippen molar-refractivity contribution in [2.45, 2.75) is 6.42 Å². The lowest BCUT2D eigenvalue weighted by Crippen LogP contribution is -2.20. The molecule has 0 saturated heterocycles. The SMILES string of the molecule is O=C(Nc1ccc(C(=O)O)cc1Cl)C1=C(O)CC2C=CC=CC2=C1. The molecule has 0 radical (unpaired) electrons. The van der Waals surface area contributed by atoms with Crippen LogP contribution in [0.2, 0.25) is 5.02 Å². The first-order valence-corrected chi connectivity index (χ1v) is 7.66. The van der Waals surface area contributed by atoms with E-state index >= 15 is 0 Å². The largest absolute Gasteiger partial charge is 0.511 e. The van der Waals surface area contributed by atoms with E-state index in [0.29, 0.717) is 6.42 Å². The summed E-state index contributed by atoms with van der Waals surface area (Å²) < 4.78 is 0. The molecular weight excluding hydrogens is 330 g/mol. The fraction of sp³-hybridized carbons (Fsp3) is 0.111. The first-order valence-electron chi connectivity index (χ1n) is 7.28. The number of aliphatic hydroxyl groups excluding tert-OH is 1. The first-order chi connectivity index (χ1) is 11.5. The number of rotatable bonds is 3. The number of aromatic carboxylic acids is 1. The Bertz CT molecular complexity index is 849. The van der Waals surface area contributed by atoms with Crippen molar-refractivity contribution in [3.05, 3.63) is 76.1 Å². The summed E-state index contributed by atoms with van der Waals surface area (Å²) in [5.41, 5.74) is 1.45. The van der Waals surface area contributed by atoms with E-state index in [2.05, 4.69) is 5.32 Å². The number of nitrogens with one attached hydrogen (secondary N) is 1. The number of hydrogen-bond acceptors (Lipinski definition) is 3. The van der Waals surface area contributed by atoms with Crippen LogP contribution >= 0.6 is 11.6 Å². The minimum absolute atomic E-state index is 0.0134. The van der Waals surface area contributed by atoms with Gasteiger partial charge in [0, 0.05) is 12.3 Å². The molecule has 0 fully saturated rings. The van der Waals surface area contributed by atoms with Crippen molar-refractivity contribution in [3.63, 3.8) is 0 Å². The Morgan fingerprint density at radius 2 is 2.04 bits per heavy atom. The third-order valence-corrected chi connectivity index (χ3v) is 4.23. The number of amides is 1. The molecule has 0 saturated carbocycles. The molecule has 2 aliphatic carbocycles. The Hall–Kier alpha value is -2.79. The van der Waals surface area contributed by atoms with E-state index in [9.17, 15) is 14.7 Å². The maximum atomic E-state index is 12.4. The molecule has 1 atom stereocenters. The van der Waals surface area contributed by atoms with Gasteiger partial charge in [0.25, 0.3) is 5.91 Å². The monoisotopic (exact) mass is 343 g/mol. The topological polar surface area (TPSA) is 86.6 Å². The smallest absolute Gasteiger partial charge is 0.335 e. The number of carboxylic acid groups (broad SMARTS) is 1. The van der Waals surface area contributed by atoms with Crippen LogP contribution in [0.3, 0.4) is 0 Å². The number of fused-ring (bicyclic) bond motifs is 1. The maximum Gasteiger partial charge on any atom is 0.335 e. The van der Waals surface area contributed by atoms with Gasteiger partial charge < -0.3 is 15.5 Å². The van der Waals surface area contributed by atoms with Crippen LogP contribution in [-0.2, 0) is 4.79 Å². The van der Waals surface area contributed by atoms with Crippen LogP contribution in [0, 0.1) is 5.92 Å². The second-order valence-electron chi connectivity index (χ2n) is 5.51. The Morgan fingerprint density at radius 1 is 1.25 bits per heavy atom. The van der Waals surface area contributed by atoms with Crippen molar-refractivity contribution in [2.24, 2.45) is 5.92 Å². The van der Waals surface area contributed by atoms with Crippen molar-refractivity contribution in [3.8, 4) is 0 Å². The number of allylic oxidation sites excluding steroid dienone is 6. The zero-order chi connectivity index (χ0) is 17.3. The van der Waals surface area contributed by atoms with Crippen LogP contribution in [0.5, 0.6) is 0 Å². The van der Waals surface area contributed by atoms with E-state index in [4.69, 9.17) is 16.7 Å². The molecule has 24 heavy (non-hydrogen) atoms. The normalized spacial score (nSPS) is 18.9. The molecule has 1 amide bonds. The number of carbonyl (C=O) groups is 2. The van der Waals surface area contributed by atoms with E-state index in [-0.39, 0.29) is 33.5 Å². The summed E-state index contributed by atoms with van der Waals surface area (Å²) in [7, 11) is 0. The van der Waals surface area contributed by atoms with Crippen molar-refractivity contribution in [1.82, 2.24) is 0 Å². The highest BCUT2D eigenvalue weighted by Crippen LogP contribution is 2.33. The number of aliphatic hydroxyl groups is 1. The standard InChI is InChI=1S/C18H14ClNO4/c19-14-8-12(18(23)24)5-6-15(14)20-17(22)13-7-10-3-1-2-4-11(10)9-16(13)21/h1-8,11,21H,9H2,(H,20,22)(H,23,24). The van der Waals surface area contributed by atoms with Crippen LogP contribution < -0.4 is 5.32 Å². The van der Waals surface area contributed by atoms with Gasteiger partial charge in [0.2, 0.25) is 0 Å². The zero-order valence-electron chi connectivity index (χ0n) is 12.5. The molecule has 122 valence electrons. The highest BCUT2D eigenvalue weighted by atomic mass is 35.5. The number of carbonyl (C=O) groups excluding carboxylic acids is 1. The number of halogens is 1. The number of anilines is 1. The number of benzene rings is 1. The Kier molecular flexibility index (Phi) is 4.27. The molecule has 5 nitrogen and oxygen atoms in total. The summed E-state index contributed by atoms with van der Waals surface area (Å²) in [6.45, 7) is 0. The lowest BCUT2D eigenvalue weighted by Gasteiger charge is -2.23. The van der Waals surface area contributed by atoms with Gasteiger partial charge in [-0.25, -0.2) is 4.79 Å². The third-order valence-electron chi connectivity index (χ3n) is 3.92. The summed E-state index contributed by atoms with van der Waals surface area (Å²) in [5.74, 6) is -1.51. The Balaban J connectivity index is 1.83. The summed E-state index contributed by atoms with van der Waals surface area (Å²) in [6.07, 6.45) is 9.67. The second-order valence-corrected chi connectivity index (χ2v) is 5.92. The van der Waals surface area contributed by atoms with Crippen molar-refractivity contribution in [2.75, 3.05) is 5.32 Å². The highest BCUT2D eigenvalue weighted by molar-refractivity contribution is 6.34. The van der Waals surface area contributed by atoms with E-state index < -0.39 is 11.9 Å². The maximum absolute atomic E-state index is 12.4. The summed E-state index contributed by atoms with van der Waals surface area (Å²) in [4.78, 5) is 23.3. The molecule has 2 aliphatic rings. The summed E-state index contributed by atoms with van der Waals surface area (Å²) in [5, 5.41) is 21.8. The number of hydrogen-bond donors (Lipinski definition) is 3. The molecule has 0 aliphatic heterocycles. The van der Waals surface area contributed by atoms with Gasteiger partial charge >= 0.3 is 5.97 Å². The highest BCUT2D eigenvalue weighted by Gasteiger charge is 2.25. The average Bonchev–Trinajstić information content (AvgIpc) is 2.55. The second kappa shape index (κ2) is 6.37. The van der Waals surface area contributed by atoms with E-state index in [1.165, 1.54) is 18.2 Å². The van der Waals surface area contributed by atoms with Crippen molar-refractivity contribution < 1.29 is 19.8 Å². The molecule has 3 rings (SSSR count). The summed E-state index contributed by atoms with van der Waals surface area (Å²) in [6, 6.07) is 4.03.